The average molecular weight is 326 g/mol. The summed E-state index contributed by atoms with van der Waals surface area (Å²) >= 11 is 0. The third-order valence-electron chi connectivity index (χ3n) is 2.41. The fourth-order valence-electron chi connectivity index (χ4n) is 1.49. The molecule has 1 aromatic carbocycles. The topological polar surface area (TPSA) is 93.7 Å². The second kappa shape index (κ2) is 9.39. The predicted octanol–water partition coefficient (Wildman–Crippen LogP) is 0.389. The van der Waals surface area contributed by atoms with Crippen molar-refractivity contribution >= 4 is 17.8 Å². The van der Waals surface area contributed by atoms with Crippen LogP contribution in [0.4, 0.5) is 4.39 Å². The Kier molecular flexibility index (Phi) is 7.52. The van der Waals surface area contributed by atoms with Crippen LogP contribution in [0.5, 0.6) is 5.75 Å². The molecule has 23 heavy (non-hydrogen) atoms. The average Bonchev–Trinajstić information content (AvgIpc) is 2.48. The molecule has 0 radical (unpaired) electrons. The van der Waals surface area contributed by atoms with Crippen molar-refractivity contribution in [3.63, 3.8) is 0 Å². The van der Waals surface area contributed by atoms with Gasteiger partial charge in [0.1, 0.15) is 11.6 Å². The minimum atomic E-state index is -0.781. The lowest BCUT2D eigenvalue weighted by atomic mass is 10.3. The maximum absolute atomic E-state index is 12.9. The highest BCUT2D eigenvalue weighted by Gasteiger charge is 2.10. The summed E-state index contributed by atoms with van der Waals surface area (Å²) in [7, 11) is 0. The van der Waals surface area contributed by atoms with Crippen molar-refractivity contribution in [2.45, 2.75) is 19.9 Å². The van der Waals surface area contributed by atoms with E-state index in [9.17, 15) is 18.8 Å². The summed E-state index contributed by atoms with van der Waals surface area (Å²) in [5.41, 5.74) is 0. The predicted molar refractivity (Wildman–Crippen MR) is 79.1 cm³/mol. The van der Waals surface area contributed by atoms with Crippen LogP contribution in [-0.2, 0) is 19.1 Å². The van der Waals surface area contributed by atoms with E-state index in [4.69, 9.17) is 4.74 Å². The van der Waals surface area contributed by atoms with Gasteiger partial charge in [0.25, 0.3) is 5.91 Å². The smallest absolute Gasteiger partial charge is 0.344 e. The molecule has 0 aliphatic carbocycles. The van der Waals surface area contributed by atoms with E-state index in [1.807, 2.05) is 0 Å². The van der Waals surface area contributed by atoms with E-state index in [2.05, 4.69) is 15.4 Å². The van der Waals surface area contributed by atoms with E-state index in [0.717, 1.165) is 6.07 Å². The number of nitrogens with one attached hydrogen (secondary N) is 2. The summed E-state index contributed by atoms with van der Waals surface area (Å²) < 4.78 is 22.6. The molecule has 1 rings (SSSR count). The Morgan fingerprint density at radius 2 is 1.91 bits per heavy atom. The standard InChI is InChI=1S/C15H19FN2O5/c1-10(2)18-13(19)7-17-14(20)8-23-15(21)9-22-12-5-3-4-11(16)6-12/h3-6,10H,7-9H2,1-2H3,(H,17,20)(H,18,19). The summed E-state index contributed by atoms with van der Waals surface area (Å²) in [6.45, 7) is 2.40. The van der Waals surface area contributed by atoms with Crippen LogP contribution in [0, 0.1) is 5.82 Å². The van der Waals surface area contributed by atoms with Crippen LogP contribution in [0.25, 0.3) is 0 Å². The fraction of sp³-hybridized carbons (Fsp3) is 0.400. The SMILES string of the molecule is CC(C)NC(=O)CNC(=O)COC(=O)COc1cccc(F)c1. The van der Waals surface area contributed by atoms with Gasteiger partial charge in [0.2, 0.25) is 5.91 Å². The molecular formula is C15H19FN2O5. The van der Waals surface area contributed by atoms with Crippen molar-refractivity contribution in [2.24, 2.45) is 0 Å². The van der Waals surface area contributed by atoms with E-state index in [1.54, 1.807) is 13.8 Å². The molecule has 0 saturated carbocycles. The number of carbonyl (C=O) groups excluding carboxylic acids is 3. The zero-order valence-corrected chi connectivity index (χ0v) is 12.9. The number of benzene rings is 1. The Balaban J connectivity index is 2.20. The van der Waals surface area contributed by atoms with Crippen molar-refractivity contribution in [2.75, 3.05) is 19.8 Å². The number of carbonyl (C=O) groups is 3. The van der Waals surface area contributed by atoms with Crippen molar-refractivity contribution < 1.29 is 28.2 Å². The Hall–Kier alpha value is -2.64. The van der Waals surface area contributed by atoms with Gasteiger partial charge in [-0.05, 0) is 26.0 Å². The second-order valence-corrected chi connectivity index (χ2v) is 4.91. The Bertz CT molecular complexity index is 563. The number of amides is 2. The summed E-state index contributed by atoms with van der Waals surface area (Å²) in [5, 5.41) is 4.90. The molecule has 0 heterocycles. The molecule has 0 atom stereocenters. The molecule has 126 valence electrons. The molecular weight excluding hydrogens is 307 g/mol. The summed E-state index contributed by atoms with van der Waals surface area (Å²) in [6, 6.07) is 5.25. The molecule has 0 unspecified atom stereocenters. The second-order valence-electron chi connectivity index (χ2n) is 4.91. The van der Waals surface area contributed by atoms with Gasteiger partial charge in [0.05, 0.1) is 6.54 Å². The highest BCUT2D eigenvalue weighted by molar-refractivity contribution is 5.86. The van der Waals surface area contributed by atoms with Gasteiger partial charge in [-0.1, -0.05) is 6.07 Å². The van der Waals surface area contributed by atoms with Crippen LogP contribution in [-0.4, -0.2) is 43.6 Å². The molecule has 0 fully saturated rings. The molecule has 0 aliphatic heterocycles. The number of hydrogen-bond donors (Lipinski definition) is 2. The third-order valence-corrected chi connectivity index (χ3v) is 2.41. The Morgan fingerprint density at radius 1 is 1.17 bits per heavy atom. The molecule has 0 spiro atoms. The van der Waals surface area contributed by atoms with Gasteiger partial charge in [0.15, 0.2) is 13.2 Å². The zero-order chi connectivity index (χ0) is 17.2. The Morgan fingerprint density at radius 3 is 2.57 bits per heavy atom. The fourth-order valence-corrected chi connectivity index (χ4v) is 1.49. The highest BCUT2D eigenvalue weighted by Crippen LogP contribution is 2.11. The number of hydrogen-bond acceptors (Lipinski definition) is 5. The quantitative estimate of drug-likeness (QED) is 0.674. The maximum Gasteiger partial charge on any atom is 0.344 e. The van der Waals surface area contributed by atoms with E-state index in [0.29, 0.717) is 0 Å². The summed E-state index contributed by atoms with van der Waals surface area (Å²) in [4.78, 5) is 34.1. The molecule has 0 aromatic heterocycles. The zero-order valence-electron chi connectivity index (χ0n) is 12.9. The van der Waals surface area contributed by atoms with Gasteiger partial charge < -0.3 is 20.1 Å². The molecule has 8 heteroatoms. The van der Waals surface area contributed by atoms with Crippen LogP contribution in [0.3, 0.4) is 0 Å². The van der Waals surface area contributed by atoms with Gasteiger partial charge in [-0.25, -0.2) is 9.18 Å². The molecule has 0 bridgehead atoms. The van der Waals surface area contributed by atoms with Gasteiger partial charge in [-0.3, -0.25) is 9.59 Å². The van der Waals surface area contributed by atoms with Crippen LogP contribution in [0.2, 0.25) is 0 Å². The minimum absolute atomic E-state index is 0.0304. The first-order chi connectivity index (χ1) is 10.9. The number of ether oxygens (including phenoxy) is 2. The van der Waals surface area contributed by atoms with Gasteiger partial charge in [-0.15, -0.1) is 0 Å². The lowest BCUT2D eigenvalue weighted by molar-refractivity contribution is -0.150. The van der Waals surface area contributed by atoms with Crippen LogP contribution in [0.1, 0.15) is 13.8 Å². The van der Waals surface area contributed by atoms with Crippen molar-refractivity contribution in [1.82, 2.24) is 10.6 Å². The molecule has 7 nitrogen and oxygen atoms in total. The van der Waals surface area contributed by atoms with E-state index in [1.165, 1.54) is 18.2 Å². The normalized spacial score (nSPS) is 10.1. The lowest BCUT2D eigenvalue weighted by Gasteiger charge is -2.10. The van der Waals surface area contributed by atoms with Crippen LogP contribution >= 0.6 is 0 Å². The van der Waals surface area contributed by atoms with E-state index in [-0.39, 0.29) is 24.2 Å². The molecule has 0 aliphatic rings. The van der Waals surface area contributed by atoms with Crippen molar-refractivity contribution in [1.29, 1.82) is 0 Å². The van der Waals surface area contributed by atoms with Crippen LogP contribution in [0.15, 0.2) is 24.3 Å². The molecule has 0 saturated heterocycles. The first kappa shape index (κ1) is 18.4. The van der Waals surface area contributed by atoms with Crippen molar-refractivity contribution in [3.05, 3.63) is 30.1 Å². The highest BCUT2D eigenvalue weighted by atomic mass is 19.1. The molecule has 2 N–H and O–H groups in total. The summed E-state index contributed by atoms with van der Waals surface area (Å²) in [6.07, 6.45) is 0. The lowest BCUT2D eigenvalue weighted by Crippen LogP contribution is -2.41. The van der Waals surface area contributed by atoms with Crippen LogP contribution < -0.4 is 15.4 Å². The van der Waals surface area contributed by atoms with E-state index < -0.39 is 30.9 Å². The van der Waals surface area contributed by atoms with E-state index >= 15 is 0 Å². The first-order valence-electron chi connectivity index (χ1n) is 6.97. The number of esters is 1. The number of halogens is 1. The maximum atomic E-state index is 12.9. The summed E-state index contributed by atoms with van der Waals surface area (Å²) in [5.74, 6) is -2.04. The first-order valence-corrected chi connectivity index (χ1v) is 6.97. The Labute approximate surface area is 133 Å². The molecule has 2 amide bonds. The minimum Gasteiger partial charge on any atom is -0.482 e. The van der Waals surface area contributed by atoms with Gasteiger partial charge >= 0.3 is 5.97 Å². The monoisotopic (exact) mass is 326 g/mol. The van der Waals surface area contributed by atoms with Gasteiger partial charge in [0, 0.05) is 12.1 Å². The molecule has 1 aromatic rings. The van der Waals surface area contributed by atoms with Gasteiger partial charge in [-0.2, -0.15) is 0 Å². The third kappa shape index (κ3) is 8.40. The van der Waals surface area contributed by atoms with Crippen molar-refractivity contribution in [3.8, 4) is 5.75 Å². The largest absolute Gasteiger partial charge is 0.482 e. The number of rotatable bonds is 8.